The van der Waals surface area contributed by atoms with Crippen LogP contribution in [0.15, 0.2) is 54.7 Å². The minimum Gasteiger partial charge on any atom is -0.323 e. The van der Waals surface area contributed by atoms with Gasteiger partial charge in [0.05, 0.1) is 28.0 Å². The number of imidazole rings is 1. The molecule has 1 amide bonds. The number of nitrogens with one attached hydrogen (secondary N) is 1. The van der Waals surface area contributed by atoms with Crippen molar-refractivity contribution in [2.75, 3.05) is 11.6 Å². The Kier molecular flexibility index (Phi) is 5.01. The zero-order valence-electron chi connectivity index (χ0n) is 14.6. The Morgan fingerprint density at radius 1 is 1.22 bits per heavy atom. The smallest absolute Gasteiger partial charge is 0.244 e. The van der Waals surface area contributed by atoms with Crippen molar-refractivity contribution < 1.29 is 4.79 Å². The van der Waals surface area contributed by atoms with Gasteiger partial charge in [-0.25, -0.2) is 4.98 Å². The summed E-state index contributed by atoms with van der Waals surface area (Å²) in [6.07, 6.45) is 3.72. The number of benzene rings is 2. The molecule has 2 aromatic carbocycles. The molecule has 136 valence electrons. The minimum atomic E-state index is -0.144. The van der Waals surface area contributed by atoms with Gasteiger partial charge in [0.15, 0.2) is 0 Å². The lowest BCUT2D eigenvalue weighted by molar-refractivity contribution is -0.116. The largest absolute Gasteiger partial charge is 0.323 e. The number of hydrogen-bond acceptors (Lipinski definition) is 4. The fourth-order valence-electron chi connectivity index (χ4n) is 3.13. The summed E-state index contributed by atoms with van der Waals surface area (Å²) in [5, 5.41) is 4.40. The molecular weight excluding hydrogens is 380 g/mol. The van der Waals surface area contributed by atoms with E-state index in [1.165, 1.54) is 0 Å². The van der Waals surface area contributed by atoms with E-state index in [9.17, 15) is 4.79 Å². The number of amides is 1. The van der Waals surface area contributed by atoms with Crippen LogP contribution in [0.25, 0.3) is 21.9 Å². The Balaban J connectivity index is 1.66. The van der Waals surface area contributed by atoms with Gasteiger partial charge in [0.25, 0.3) is 0 Å². The average Bonchev–Trinajstić information content (AvgIpc) is 2.99. The molecule has 0 unspecified atom stereocenters. The highest BCUT2D eigenvalue weighted by atomic mass is 35.5. The molecule has 0 saturated carbocycles. The van der Waals surface area contributed by atoms with E-state index in [0.717, 1.165) is 33.5 Å². The number of pyridine rings is 1. The van der Waals surface area contributed by atoms with Crippen molar-refractivity contribution in [1.82, 2.24) is 14.5 Å². The van der Waals surface area contributed by atoms with Crippen LogP contribution in [0.1, 0.15) is 5.82 Å². The molecule has 0 radical (unpaired) electrons. The van der Waals surface area contributed by atoms with E-state index in [4.69, 9.17) is 11.6 Å². The van der Waals surface area contributed by atoms with Crippen LogP contribution >= 0.6 is 23.4 Å². The summed E-state index contributed by atoms with van der Waals surface area (Å²) in [7, 11) is 0. The third-order valence-electron chi connectivity index (χ3n) is 4.25. The van der Waals surface area contributed by atoms with Gasteiger partial charge in [-0.2, -0.15) is 11.8 Å². The standard InChI is InChI=1S/C20H17ClN4OS/c1-27-12-18-23-15-6-2-3-7-17(15)25(18)11-19(26)24-16-10-14(21)9-13-5-4-8-22-20(13)16/h2-10H,11-12H2,1H3,(H,24,26). The number of carbonyl (C=O) groups excluding carboxylic acids is 1. The van der Waals surface area contributed by atoms with Crippen LogP contribution in [0.2, 0.25) is 5.02 Å². The molecule has 27 heavy (non-hydrogen) atoms. The number of nitrogens with zero attached hydrogens (tertiary/aromatic N) is 3. The summed E-state index contributed by atoms with van der Waals surface area (Å²) in [4.78, 5) is 21.8. The van der Waals surface area contributed by atoms with Gasteiger partial charge < -0.3 is 9.88 Å². The Morgan fingerprint density at radius 3 is 2.93 bits per heavy atom. The molecule has 0 spiro atoms. The predicted molar refractivity (Wildman–Crippen MR) is 112 cm³/mol. The van der Waals surface area contributed by atoms with E-state index in [0.29, 0.717) is 10.7 Å². The number of carbonyl (C=O) groups is 1. The van der Waals surface area contributed by atoms with Crippen LogP contribution in [0.5, 0.6) is 0 Å². The van der Waals surface area contributed by atoms with E-state index in [2.05, 4.69) is 15.3 Å². The highest BCUT2D eigenvalue weighted by Gasteiger charge is 2.14. The van der Waals surface area contributed by atoms with Gasteiger partial charge in [-0.05, 0) is 36.6 Å². The number of halogens is 1. The predicted octanol–water partition coefficient (Wildman–Crippen LogP) is 4.74. The number of fused-ring (bicyclic) bond motifs is 2. The van der Waals surface area contributed by atoms with Gasteiger partial charge >= 0.3 is 0 Å². The van der Waals surface area contributed by atoms with Gasteiger partial charge in [-0.3, -0.25) is 9.78 Å². The maximum atomic E-state index is 12.8. The fraction of sp³-hybridized carbons (Fsp3) is 0.150. The SMILES string of the molecule is CSCc1nc2ccccc2n1CC(=O)Nc1cc(Cl)cc2cccnc12. The molecule has 0 aliphatic heterocycles. The molecule has 7 heteroatoms. The maximum absolute atomic E-state index is 12.8. The van der Waals surface area contributed by atoms with Crippen LogP contribution < -0.4 is 5.32 Å². The lowest BCUT2D eigenvalue weighted by Gasteiger charge is -2.11. The van der Waals surface area contributed by atoms with E-state index in [1.54, 1.807) is 24.0 Å². The molecule has 4 rings (SSSR count). The van der Waals surface area contributed by atoms with E-state index >= 15 is 0 Å². The zero-order chi connectivity index (χ0) is 18.8. The molecule has 0 saturated heterocycles. The molecule has 0 atom stereocenters. The van der Waals surface area contributed by atoms with Gasteiger partial charge in [0.2, 0.25) is 5.91 Å². The molecule has 0 bridgehead atoms. The quantitative estimate of drug-likeness (QED) is 0.529. The molecule has 0 aliphatic rings. The number of hydrogen-bond donors (Lipinski definition) is 1. The molecule has 5 nitrogen and oxygen atoms in total. The van der Waals surface area contributed by atoms with Crippen LogP contribution in [0, 0.1) is 0 Å². The summed E-state index contributed by atoms with van der Waals surface area (Å²) in [6.45, 7) is 0.178. The highest BCUT2D eigenvalue weighted by molar-refractivity contribution is 7.97. The molecule has 2 aromatic heterocycles. The van der Waals surface area contributed by atoms with Crippen molar-refractivity contribution >= 4 is 56.9 Å². The lowest BCUT2D eigenvalue weighted by atomic mass is 10.2. The third kappa shape index (κ3) is 3.63. The van der Waals surface area contributed by atoms with Gasteiger partial charge in [0.1, 0.15) is 12.4 Å². The van der Waals surface area contributed by atoms with E-state index < -0.39 is 0 Å². The van der Waals surface area contributed by atoms with E-state index in [-0.39, 0.29) is 12.5 Å². The molecular formula is C20H17ClN4OS. The Hall–Kier alpha value is -2.57. The monoisotopic (exact) mass is 396 g/mol. The maximum Gasteiger partial charge on any atom is 0.244 e. The fourth-order valence-corrected chi connectivity index (χ4v) is 3.83. The zero-order valence-corrected chi connectivity index (χ0v) is 16.2. The number of rotatable bonds is 5. The second-order valence-corrected chi connectivity index (χ2v) is 7.42. The average molecular weight is 397 g/mol. The Morgan fingerprint density at radius 2 is 2.07 bits per heavy atom. The molecule has 0 aliphatic carbocycles. The van der Waals surface area contributed by atoms with Crippen molar-refractivity contribution in [3.8, 4) is 0 Å². The first-order valence-electron chi connectivity index (χ1n) is 8.43. The number of anilines is 1. The topological polar surface area (TPSA) is 59.8 Å². The number of thioether (sulfide) groups is 1. The summed E-state index contributed by atoms with van der Waals surface area (Å²) in [6, 6.07) is 15.2. The molecule has 4 aromatic rings. The summed E-state index contributed by atoms with van der Waals surface area (Å²) < 4.78 is 1.96. The minimum absolute atomic E-state index is 0.144. The van der Waals surface area contributed by atoms with Gasteiger partial charge in [0, 0.05) is 16.6 Å². The van der Waals surface area contributed by atoms with Crippen LogP contribution in [-0.2, 0) is 17.1 Å². The van der Waals surface area contributed by atoms with Gasteiger partial charge in [-0.15, -0.1) is 0 Å². The first kappa shape index (κ1) is 17.8. The normalized spacial score (nSPS) is 11.2. The first-order chi connectivity index (χ1) is 13.2. The molecule has 2 heterocycles. The third-order valence-corrected chi connectivity index (χ3v) is 5.02. The summed E-state index contributed by atoms with van der Waals surface area (Å²) in [5.74, 6) is 1.48. The Labute approximate surface area is 165 Å². The van der Waals surface area contributed by atoms with Gasteiger partial charge in [-0.1, -0.05) is 29.8 Å². The first-order valence-corrected chi connectivity index (χ1v) is 10.2. The van der Waals surface area contributed by atoms with Crippen molar-refractivity contribution in [3.63, 3.8) is 0 Å². The van der Waals surface area contributed by atoms with Crippen LogP contribution in [0.3, 0.4) is 0 Å². The lowest BCUT2D eigenvalue weighted by Crippen LogP contribution is -2.20. The number of aromatic nitrogens is 3. The molecule has 1 N–H and O–H groups in total. The summed E-state index contributed by atoms with van der Waals surface area (Å²) >= 11 is 7.87. The Bertz CT molecular complexity index is 1140. The number of para-hydroxylation sites is 2. The van der Waals surface area contributed by atoms with E-state index in [1.807, 2.05) is 53.3 Å². The molecule has 0 fully saturated rings. The van der Waals surface area contributed by atoms with Crippen molar-refractivity contribution in [2.24, 2.45) is 0 Å². The van der Waals surface area contributed by atoms with Crippen LogP contribution in [0.4, 0.5) is 5.69 Å². The summed E-state index contributed by atoms with van der Waals surface area (Å²) in [5.41, 5.74) is 3.17. The second kappa shape index (κ2) is 7.58. The van der Waals surface area contributed by atoms with Crippen molar-refractivity contribution in [1.29, 1.82) is 0 Å². The van der Waals surface area contributed by atoms with Crippen molar-refractivity contribution in [2.45, 2.75) is 12.3 Å². The van der Waals surface area contributed by atoms with Crippen LogP contribution in [-0.4, -0.2) is 26.7 Å². The highest BCUT2D eigenvalue weighted by Crippen LogP contribution is 2.26. The van der Waals surface area contributed by atoms with Crippen molar-refractivity contribution in [3.05, 3.63) is 65.6 Å². The second-order valence-electron chi connectivity index (χ2n) is 6.11.